The molecule has 2 N–H and O–H groups in total. The minimum atomic E-state index is -0.567. The smallest absolute Gasteiger partial charge is 0.256 e. The van der Waals surface area contributed by atoms with Crippen LogP contribution < -0.4 is 10.6 Å². The van der Waals surface area contributed by atoms with Gasteiger partial charge in [-0.15, -0.1) is 0 Å². The topological polar surface area (TPSA) is 76.0 Å². The molecule has 0 spiro atoms. The Morgan fingerprint density at radius 2 is 2.00 bits per heavy atom. The summed E-state index contributed by atoms with van der Waals surface area (Å²) in [6, 6.07) is 7.34. The summed E-state index contributed by atoms with van der Waals surface area (Å²) < 4.78 is 1.73. The lowest BCUT2D eigenvalue weighted by Crippen LogP contribution is -2.26. The van der Waals surface area contributed by atoms with Crippen LogP contribution in [-0.4, -0.2) is 21.6 Å². The van der Waals surface area contributed by atoms with Crippen molar-refractivity contribution in [2.24, 2.45) is 7.05 Å². The summed E-state index contributed by atoms with van der Waals surface area (Å²) in [5, 5.41) is 10.4. The molecule has 0 unspecified atom stereocenters. The highest BCUT2D eigenvalue weighted by Gasteiger charge is 2.38. The first-order chi connectivity index (χ1) is 12.4. The molecule has 26 heavy (non-hydrogen) atoms. The molecule has 6 nitrogen and oxygen atoms in total. The number of rotatable bonds is 3. The van der Waals surface area contributed by atoms with Gasteiger partial charge in [-0.05, 0) is 44.4 Å². The molecule has 2 aliphatic rings. The number of nitrogens with zero attached hydrogens (tertiary/aromatic N) is 2. The normalized spacial score (nSPS) is 18.7. The van der Waals surface area contributed by atoms with Crippen LogP contribution >= 0.6 is 0 Å². The van der Waals surface area contributed by atoms with Gasteiger partial charge in [-0.1, -0.05) is 18.9 Å². The van der Waals surface area contributed by atoms with Crippen molar-refractivity contribution in [3.63, 3.8) is 0 Å². The molecule has 0 radical (unpaired) electrons. The van der Waals surface area contributed by atoms with Gasteiger partial charge in [0, 0.05) is 30.3 Å². The maximum atomic E-state index is 12.7. The van der Waals surface area contributed by atoms with Crippen LogP contribution in [-0.2, 0) is 17.3 Å². The van der Waals surface area contributed by atoms with Gasteiger partial charge in [0.1, 0.15) is 5.82 Å². The van der Waals surface area contributed by atoms with E-state index in [0.29, 0.717) is 23.0 Å². The van der Waals surface area contributed by atoms with Crippen LogP contribution in [0.25, 0.3) is 0 Å². The number of aryl methyl sites for hydroxylation is 1. The van der Waals surface area contributed by atoms with E-state index >= 15 is 0 Å². The monoisotopic (exact) mass is 352 g/mol. The predicted octanol–water partition coefficient (Wildman–Crippen LogP) is 3.56. The fourth-order valence-electron chi connectivity index (χ4n) is 3.95. The van der Waals surface area contributed by atoms with Gasteiger partial charge in [0.15, 0.2) is 0 Å². The Morgan fingerprint density at radius 1 is 1.27 bits per heavy atom. The van der Waals surface area contributed by atoms with Crippen LogP contribution in [0.3, 0.4) is 0 Å². The van der Waals surface area contributed by atoms with Gasteiger partial charge in [-0.2, -0.15) is 5.10 Å². The van der Waals surface area contributed by atoms with Crippen molar-refractivity contribution in [3.05, 3.63) is 41.1 Å². The molecule has 136 valence electrons. The highest BCUT2D eigenvalue weighted by atomic mass is 16.2. The summed E-state index contributed by atoms with van der Waals surface area (Å²) in [5.74, 6) is 0.955. The molecule has 1 aliphatic heterocycles. The van der Waals surface area contributed by atoms with Crippen molar-refractivity contribution in [2.45, 2.75) is 50.9 Å². The number of nitrogens with one attached hydrogen (secondary N) is 2. The lowest BCUT2D eigenvalue weighted by atomic mass is 9.86. The Labute approximate surface area is 153 Å². The highest BCUT2D eigenvalue weighted by molar-refractivity contribution is 6.09. The zero-order chi connectivity index (χ0) is 18.5. The van der Waals surface area contributed by atoms with E-state index in [9.17, 15) is 9.59 Å². The molecule has 1 aromatic heterocycles. The maximum absolute atomic E-state index is 12.7. The zero-order valence-electron chi connectivity index (χ0n) is 15.4. The minimum absolute atomic E-state index is 0.0436. The average Bonchev–Trinajstić information content (AvgIpc) is 3.29. The highest BCUT2D eigenvalue weighted by Crippen LogP contribution is 2.38. The first-order valence-electron chi connectivity index (χ1n) is 9.17. The summed E-state index contributed by atoms with van der Waals surface area (Å²) in [4.78, 5) is 24.7. The molecule has 2 heterocycles. The third kappa shape index (κ3) is 2.69. The SMILES string of the molecule is Cn1nc(C2CCCC2)cc1NC(=O)c1ccc2c(c1)NC(=O)C2(C)C. The number of carbonyl (C=O) groups excluding carboxylic acids is 2. The third-order valence-electron chi connectivity index (χ3n) is 5.68. The number of fused-ring (bicyclic) bond motifs is 1. The maximum Gasteiger partial charge on any atom is 0.256 e. The Bertz CT molecular complexity index is 891. The Balaban J connectivity index is 1.54. The largest absolute Gasteiger partial charge is 0.325 e. The standard InChI is InChI=1S/C20H24N4O2/c1-20(2)14-9-8-13(10-16(14)21-19(20)26)18(25)22-17-11-15(23-24(17)3)12-6-4-5-7-12/h8-12H,4-7H2,1-3H3,(H,21,26)(H,22,25). The van der Waals surface area contributed by atoms with E-state index in [1.54, 1.807) is 16.8 Å². The Hall–Kier alpha value is -2.63. The van der Waals surface area contributed by atoms with Gasteiger partial charge >= 0.3 is 0 Å². The van der Waals surface area contributed by atoms with Gasteiger partial charge in [-0.3, -0.25) is 14.3 Å². The van der Waals surface area contributed by atoms with Gasteiger partial charge < -0.3 is 10.6 Å². The number of benzene rings is 1. The Kier molecular flexibility index (Phi) is 3.86. The molecule has 1 aromatic carbocycles. The summed E-state index contributed by atoms with van der Waals surface area (Å²) in [6.07, 6.45) is 4.84. The van der Waals surface area contributed by atoms with E-state index in [1.807, 2.05) is 33.0 Å². The van der Waals surface area contributed by atoms with Crippen LogP contribution in [0.1, 0.15) is 67.1 Å². The molecule has 0 bridgehead atoms. The van der Waals surface area contributed by atoms with Crippen LogP contribution in [0.5, 0.6) is 0 Å². The van der Waals surface area contributed by atoms with Crippen molar-refractivity contribution in [1.82, 2.24) is 9.78 Å². The number of hydrogen-bond acceptors (Lipinski definition) is 3. The fraction of sp³-hybridized carbons (Fsp3) is 0.450. The van der Waals surface area contributed by atoms with Crippen LogP contribution in [0.2, 0.25) is 0 Å². The van der Waals surface area contributed by atoms with Crippen molar-refractivity contribution >= 4 is 23.3 Å². The number of anilines is 2. The van der Waals surface area contributed by atoms with Crippen molar-refractivity contribution in [2.75, 3.05) is 10.6 Å². The summed E-state index contributed by atoms with van der Waals surface area (Å²) >= 11 is 0. The number of amides is 2. The lowest BCUT2D eigenvalue weighted by molar-refractivity contribution is -0.119. The van der Waals surface area contributed by atoms with Gasteiger partial charge in [0.2, 0.25) is 5.91 Å². The first-order valence-corrected chi connectivity index (χ1v) is 9.17. The summed E-state index contributed by atoms with van der Waals surface area (Å²) in [6.45, 7) is 3.77. The average molecular weight is 352 g/mol. The quantitative estimate of drug-likeness (QED) is 0.887. The van der Waals surface area contributed by atoms with Crippen molar-refractivity contribution < 1.29 is 9.59 Å². The van der Waals surface area contributed by atoms with E-state index in [-0.39, 0.29) is 11.8 Å². The van der Waals surface area contributed by atoms with Crippen LogP contribution in [0, 0.1) is 0 Å². The lowest BCUT2D eigenvalue weighted by Gasteiger charge is -2.15. The van der Waals surface area contributed by atoms with Crippen LogP contribution in [0.15, 0.2) is 24.3 Å². The van der Waals surface area contributed by atoms with Crippen molar-refractivity contribution in [3.8, 4) is 0 Å². The number of aromatic nitrogens is 2. The Morgan fingerprint density at radius 3 is 2.73 bits per heavy atom. The summed E-state index contributed by atoms with van der Waals surface area (Å²) in [7, 11) is 1.85. The second-order valence-electron chi connectivity index (χ2n) is 7.85. The predicted molar refractivity (Wildman–Crippen MR) is 100 cm³/mol. The molecule has 0 saturated heterocycles. The second-order valence-corrected chi connectivity index (χ2v) is 7.85. The molecule has 2 amide bonds. The zero-order valence-corrected chi connectivity index (χ0v) is 15.4. The van der Waals surface area contributed by atoms with E-state index in [2.05, 4.69) is 15.7 Å². The van der Waals surface area contributed by atoms with E-state index in [1.165, 1.54) is 25.7 Å². The molecule has 1 saturated carbocycles. The molecule has 2 aromatic rings. The van der Waals surface area contributed by atoms with Gasteiger partial charge in [0.25, 0.3) is 5.91 Å². The molecule has 0 atom stereocenters. The third-order valence-corrected chi connectivity index (χ3v) is 5.68. The molecular weight excluding hydrogens is 328 g/mol. The molecule has 6 heteroatoms. The number of carbonyl (C=O) groups is 2. The number of hydrogen-bond donors (Lipinski definition) is 2. The van der Waals surface area contributed by atoms with Gasteiger partial charge in [-0.25, -0.2) is 0 Å². The molecule has 1 aliphatic carbocycles. The van der Waals surface area contributed by atoms with E-state index in [0.717, 1.165) is 11.3 Å². The molecule has 1 fully saturated rings. The first kappa shape index (κ1) is 16.8. The van der Waals surface area contributed by atoms with Crippen LogP contribution in [0.4, 0.5) is 11.5 Å². The van der Waals surface area contributed by atoms with E-state index in [4.69, 9.17) is 0 Å². The molecule has 4 rings (SSSR count). The fourth-order valence-corrected chi connectivity index (χ4v) is 3.95. The summed E-state index contributed by atoms with van der Waals surface area (Å²) in [5.41, 5.74) is 2.64. The minimum Gasteiger partial charge on any atom is -0.325 e. The second kappa shape index (κ2) is 5.97. The van der Waals surface area contributed by atoms with E-state index < -0.39 is 5.41 Å². The van der Waals surface area contributed by atoms with Gasteiger partial charge in [0.05, 0.1) is 11.1 Å². The molecular formula is C20H24N4O2. The van der Waals surface area contributed by atoms with Crippen molar-refractivity contribution in [1.29, 1.82) is 0 Å².